The molecule has 0 saturated carbocycles. The number of hydrogen-bond acceptors (Lipinski definition) is 5. The lowest BCUT2D eigenvalue weighted by molar-refractivity contribution is -0.384. The monoisotopic (exact) mass is 310 g/mol. The summed E-state index contributed by atoms with van der Waals surface area (Å²) in [6, 6.07) is 5.65. The van der Waals surface area contributed by atoms with E-state index in [0.29, 0.717) is 31.4 Å². The Bertz CT molecular complexity index is 487. The summed E-state index contributed by atoms with van der Waals surface area (Å²) in [5.74, 6) is 0.638. The second-order valence-corrected chi connectivity index (χ2v) is 5.27. The van der Waals surface area contributed by atoms with Gasteiger partial charge in [0.15, 0.2) is 6.61 Å². The van der Waals surface area contributed by atoms with Crippen molar-refractivity contribution in [2.45, 2.75) is 13.8 Å². The molecule has 1 rings (SSSR count). The Hall–Kier alpha value is -2.15. The van der Waals surface area contributed by atoms with Crippen LogP contribution in [0.5, 0.6) is 5.75 Å². The summed E-state index contributed by atoms with van der Waals surface area (Å²) in [5, 5.41) is 10.6. The molecular formula is C15H22N2O5. The molecule has 0 heterocycles. The summed E-state index contributed by atoms with van der Waals surface area (Å²) in [6.07, 6.45) is 0. The molecule has 0 radical (unpaired) electrons. The lowest BCUT2D eigenvalue weighted by atomic mass is 10.2. The summed E-state index contributed by atoms with van der Waals surface area (Å²) in [4.78, 5) is 23.9. The van der Waals surface area contributed by atoms with Crippen LogP contribution < -0.4 is 4.74 Å². The second-order valence-electron chi connectivity index (χ2n) is 5.27. The van der Waals surface area contributed by atoms with Crippen LogP contribution in [0, 0.1) is 16.0 Å². The summed E-state index contributed by atoms with van der Waals surface area (Å²) in [6.45, 7) is 5.57. The van der Waals surface area contributed by atoms with Gasteiger partial charge >= 0.3 is 0 Å². The number of non-ortho nitro benzene ring substituents is 1. The van der Waals surface area contributed by atoms with Crippen LogP contribution in [0.25, 0.3) is 0 Å². The van der Waals surface area contributed by atoms with E-state index in [0.717, 1.165) is 0 Å². The predicted octanol–water partition coefficient (Wildman–Crippen LogP) is 2.10. The lowest BCUT2D eigenvalue weighted by Gasteiger charge is -2.24. The van der Waals surface area contributed by atoms with Crippen molar-refractivity contribution >= 4 is 11.6 Å². The van der Waals surface area contributed by atoms with Crippen LogP contribution in [-0.2, 0) is 9.53 Å². The first-order valence-corrected chi connectivity index (χ1v) is 7.08. The van der Waals surface area contributed by atoms with E-state index in [1.807, 2.05) is 13.8 Å². The number of ether oxygens (including phenoxy) is 2. The Morgan fingerprint density at radius 1 is 1.32 bits per heavy atom. The largest absolute Gasteiger partial charge is 0.484 e. The first kappa shape index (κ1) is 17.9. The first-order valence-electron chi connectivity index (χ1n) is 7.08. The van der Waals surface area contributed by atoms with E-state index in [4.69, 9.17) is 9.47 Å². The van der Waals surface area contributed by atoms with Crippen LogP contribution in [0.3, 0.4) is 0 Å². The van der Waals surface area contributed by atoms with Crippen LogP contribution in [0.15, 0.2) is 24.3 Å². The Balaban J connectivity index is 2.55. The standard InChI is InChI=1S/C15H22N2O5/c1-12(2)10-16(8-9-21-3)15(18)11-22-14-6-4-13(5-7-14)17(19)20/h4-7,12H,8-11H2,1-3H3. The number of benzene rings is 1. The molecule has 7 nitrogen and oxygen atoms in total. The highest BCUT2D eigenvalue weighted by Crippen LogP contribution is 2.17. The molecule has 22 heavy (non-hydrogen) atoms. The third-order valence-corrected chi connectivity index (χ3v) is 2.91. The van der Waals surface area contributed by atoms with Gasteiger partial charge in [0.05, 0.1) is 11.5 Å². The van der Waals surface area contributed by atoms with Gasteiger partial charge < -0.3 is 14.4 Å². The third kappa shape index (κ3) is 6.09. The highest BCUT2D eigenvalue weighted by Gasteiger charge is 2.15. The van der Waals surface area contributed by atoms with E-state index < -0.39 is 4.92 Å². The van der Waals surface area contributed by atoms with Crippen molar-refractivity contribution in [3.05, 3.63) is 34.4 Å². The average molecular weight is 310 g/mol. The van der Waals surface area contributed by atoms with Crippen LogP contribution in [-0.4, -0.2) is 49.1 Å². The maximum atomic E-state index is 12.2. The predicted molar refractivity (Wildman–Crippen MR) is 81.9 cm³/mol. The molecular weight excluding hydrogens is 288 g/mol. The van der Waals surface area contributed by atoms with E-state index in [1.54, 1.807) is 12.0 Å². The van der Waals surface area contributed by atoms with Crippen LogP contribution in [0.4, 0.5) is 5.69 Å². The molecule has 0 fully saturated rings. The minimum Gasteiger partial charge on any atom is -0.484 e. The van der Waals surface area contributed by atoms with Crippen molar-refractivity contribution in [3.8, 4) is 5.75 Å². The molecule has 7 heteroatoms. The van der Waals surface area contributed by atoms with Gasteiger partial charge in [-0.1, -0.05) is 13.8 Å². The van der Waals surface area contributed by atoms with E-state index in [-0.39, 0.29) is 18.2 Å². The first-order chi connectivity index (χ1) is 10.4. The molecule has 0 saturated heterocycles. The van der Waals surface area contributed by atoms with Crippen LogP contribution >= 0.6 is 0 Å². The molecule has 122 valence electrons. The number of amides is 1. The summed E-state index contributed by atoms with van der Waals surface area (Å²) >= 11 is 0. The Kier molecular flexibility index (Phi) is 7.31. The number of nitro groups is 1. The molecule has 0 spiro atoms. The van der Waals surface area contributed by atoms with E-state index in [1.165, 1.54) is 24.3 Å². The van der Waals surface area contributed by atoms with Crippen molar-refractivity contribution in [3.63, 3.8) is 0 Å². The van der Waals surface area contributed by atoms with Crippen LogP contribution in [0.2, 0.25) is 0 Å². The molecule has 0 aliphatic carbocycles. The number of nitro benzene ring substituents is 1. The zero-order valence-corrected chi connectivity index (χ0v) is 13.2. The highest BCUT2D eigenvalue weighted by molar-refractivity contribution is 5.77. The van der Waals surface area contributed by atoms with E-state index in [2.05, 4.69) is 0 Å². The smallest absolute Gasteiger partial charge is 0.269 e. The van der Waals surface area contributed by atoms with E-state index in [9.17, 15) is 14.9 Å². The van der Waals surface area contributed by atoms with Gasteiger partial charge in [0.1, 0.15) is 5.75 Å². The topological polar surface area (TPSA) is 81.9 Å². The highest BCUT2D eigenvalue weighted by atomic mass is 16.6. The van der Waals surface area contributed by atoms with Crippen molar-refractivity contribution in [2.24, 2.45) is 5.92 Å². The number of carbonyl (C=O) groups is 1. The molecule has 0 bridgehead atoms. The lowest BCUT2D eigenvalue weighted by Crippen LogP contribution is -2.39. The zero-order chi connectivity index (χ0) is 16.5. The Morgan fingerprint density at radius 2 is 1.95 bits per heavy atom. The van der Waals surface area contributed by atoms with Gasteiger partial charge in [0.25, 0.3) is 11.6 Å². The van der Waals surface area contributed by atoms with Gasteiger partial charge in [-0.15, -0.1) is 0 Å². The summed E-state index contributed by atoms with van der Waals surface area (Å²) < 4.78 is 10.4. The van der Waals surface area contributed by atoms with Gasteiger partial charge in [-0.3, -0.25) is 14.9 Å². The number of hydrogen-bond donors (Lipinski definition) is 0. The maximum absolute atomic E-state index is 12.2. The van der Waals surface area contributed by atoms with Gasteiger partial charge in [0, 0.05) is 32.3 Å². The number of methoxy groups -OCH3 is 1. The zero-order valence-electron chi connectivity index (χ0n) is 13.2. The van der Waals surface area contributed by atoms with Gasteiger partial charge in [-0.25, -0.2) is 0 Å². The molecule has 0 aliphatic rings. The molecule has 1 aromatic rings. The van der Waals surface area contributed by atoms with E-state index >= 15 is 0 Å². The average Bonchev–Trinajstić information content (AvgIpc) is 2.49. The summed E-state index contributed by atoms with van der Waals surface area (Å²) in [7, 11) is 1.59. The quantitative estimate of drug-likeness (QED) is 0.515. The Labute approximate surface area is 130 Å². The number of carbonyl (C=O) groups excluding carboxylic acids is 1. The molecule has 0 aromatic heterocycles. The molecule has 1 amide bonds. The van der Waals surface area contributed by atoms with Crippen molar-refractivity contribution in [2.75, 3.05) is 33.4 Å². The van der Waals surface area contributed by atoms with Crippen molar-refractivity contribution in [1.82, 2.24) is 4.90 Å². The fourth-order valence-electron chi connectivity index (χ4n) is 1.86. The summed E-state index contributed by atoms with van der Waals surface area (Å²) in [5.41, 5.74) is -0.0137. The van der Waals surface area contributed by atoms with Gasteiger partial charge in [-0.05, 0) is 18.1 Å². The molecule has 0 aliphatic heterocycles. The molecule has 0 unspecified atom stereocenters. The van der Waals surface area contributed by atoms with Gasteiger partial charge in [-0.2, -0.15) is 0 Å². The normalized spacial score (nSPS) is 10.5. The number of rotatable bonds is 9. The molecule has 1 aromatic carbocycles. The fourth-order valence-corrected chi connectivity index (χ4v) is 1.86. The van der Waals surface area contributed by atoms with Crippen molar-refractivity contribution in [1.29, 1.82) is 0 Å². The minimum absolute atomic E-state index is 0.0137. The van der Waals surface area contributed by atoms with Gasteiger partial charge in [0.2, 0.25) is 0 Å². The fraction of sp³-hybridized carbons (Fsp3) is 0.533. The Morgan fingerprint density at radius 3 is 2.45 bits per heavy atom. The maximum Gasteiger partial charge on any atom is 0.269 e. The second kappa shape index (κ2) is 8.99. The van der Waals surface area contributed by atoms with Crippen molar-refractivity contribution < 1.29 is 19.2 Å². The number of nitrogens with zero attached hydrogens (tertiary/aromatic N) is 2. The molecule has 0 atom stereocenters. The minimum atomic E-state index is -0.482. The third-order valence-electron chi connectivity index (χ3n) is 2.91. The molecule has 0 N–H and O–H groups in total. The van der Waals surface area contributed by atoms with Crippen LogP contribution in [0.1, 0.15) is 13.8 Å². The SMILES string of the molecule is COCCN(CC(C)C)C(=O)COc1ccc([N+](=O)[O-])cc1.